The summed E-state index contributed by atoms with van der Waals surface area (Å²) >= 11 is 0. The summed E-state index contributed by atoms with van der Waals surface area (Å²) in [6.45, 7) is 1.27. The van der Waals surface area contributed by atoms with Crippen molar-refractivity contribution in [2.75, 3.05) is 19.7 Å². The Morgan fingerprint density at radius 3 is 2.47 bits per heavy atom. The number of nitrogens with one attached hydrogen (secondary N) is 1. The smallest absolute Gasteiger partial charge is 0.164 e. The Bertz CT molecular complexity index is 277. The van der Waals surface area contributed by atoms with Crippen LogP contribution in [0.2, 0.25) is 0 Å². The Balaban J connectivity index is 0.00000196. The van der Waals surface area contributed by atoms with Crippen molar-refractivity contribution in [1.29, 1.82) is 0 Å². The van der Waals surface area contributed by atoms with Crippen LogP contribution in [0.1, 0.15) is 16.8 Å². The molecule has 0 amide bonds. The molecule has 1 rings (SSSR count). The normalized spacial score (nSPS) is 9.40. The van der Waals surface area contributed by atoms with Crippen LogP contribution in [0.15, 0.2) is 30.3 Å². The summed E-state index contributed by atoms with van der Waals surface area (Å²) in [5.41, 5.74) is 0.748. The number of Topliss-reactive ketones (excluding diaryl/α,β-unsaturated/α-hetero) is 1. The largest absolute Gasteiger partial charge is 1.00 e. The third kappa shape index (κ3) is 5.52. The van der Waals surface area contributed by atoms with Gasteiger partial charge in [0.05, 0.1) is 6.61 Å². The van der Waals surface area contributed by atoms with Gasteiger partial charge < -0.3 is 22.8 Å². The van der Waals surface area contributed by atoms with Crippen LogP contribution >= 0.6 is 0 Å². The molecule has 15 heavy (non-hydrogen) atoms. The number of hydrogen-bond acceptors (Lipinski definition) is 3. The third-order valence-corrected chi connectivity index (χ3v) is 1.91. The Hall–Kier alpha value is -0.900. The number of halogens is 1. The molecular formula is C11H15ClNO2-. The molecular weight excluding hydrogens is 214 g/mol. The quantitative estimate of drug-likeness (QED) is 0.431. The van der Waals surface area contributed by atoms with Crippen LogP contribution in [0.3, 0.4) is 0 Å². The Kier molecular flexibility index (Phi) is 7.91. The minimum Gasteiger partial charge on any atom is -1.00 e. The van der Waals surface area contributed by atoms with E-state index in [-0.39, 0.29) is 24.8 Å². The molecule has 0 fully saturated rings. The zero-order valence-electron chi connectivity index (χ0n) is 8.45. The summed E-state index contributed by atoms with van der Waals surface area (Å²) in [5.74, 6) is 0.135. The molecule has 0 spiro atoms. The molecule has 3 nitrogen and oxygen atoms in total. The van der Waals surface area contributed by atoms with Crippen molar-refractivity contribution in [2.45, 2.75) is 6.42 Å². The molecule has 0 radical (unpaired) electrons. The van der Waals surface area contributed by atoms with E-state index in [1.807, 2.05) is 30.3 Å². The molecule has 1 aromatic carbocycles. The first-order valence-corrected chi connectivity index (χ1v) is 4.74. The van der Waals surface area contributed by atoms with Crippen LogP contribution in [0.5, 0.6) is 0 Å². The standard InChI is InChI=1S/C11H15NO2.ClH/c13-9-8-12-7-6-11(14)10-4-2-1-3-5-10;/h1-5,12-13H,6-9H2;1H/p-1. The van der Waals surface area contributed by atoms with Gasteiger partial charge in [0, 0.05) is 25.1 Å². The summed E-state index contributed by atoms with van der Waals surface area (Å²) in [4.78, 5) is 11.5. The predicted octanol–water partition coefficient (Wildman–Crippen LogP) is -2.15. The van der Waals surface area contributed by atoms with E-state index >= 15 is 0 Å². The fourth-order valence-electron chi connectivity index (χ4n) is 1.17. The molecule has 2 N–H and O–H groups in total. The lowest BCUT2D eigenvalue weighted by Crippen LogP contribution is -3.00. The number of benzene rings is 1. The lowest BCUT2D eigenvalue weighted by atomic mass is 10.1. The fourth-order valence-corrected chi connectivity index (χ4v) is 1.17. The van der Waals surface area contributed by atoms with Crippen molar-refractivity contribution in [2.24, 2.45) is 0 Å². The molecule has 0 aromatic heterocycles. The van der Waals surface area contributed by atoms with Crippen molar-refractivity contribution in [3.05, 3.63) is 35.9 Å². The van der Waals surface area contributed by atoms with Gasteiger partial charge in [0.1, 0.15) is 0 Å². The van der Waals surface area contributed by atoms with Gasteiger partial charge in [-0.3, -0.25) is 4.79 Å². The average Bonchev–Trinajstić information content (AvgIpc) is 2.25. The van der Waals surface area contributed by atoms with E-state index in [4.69, 9.17) is 5.11 Å². The molecule has 0 aliphatic carbocycles. The summed E-state index contributed by atoms with van der Waals surface area (Å²) in [6, 6.07) is 9.23. The van der Waals surface area contributed by atoms with Crippen molar-refractivity contribution >= 4 is 5.78 Å². The minimum atomic E-state index is 0. The number of aliphatic hydroxyl groups excluding tert-OH is 1. The van der Waals surface area contributed by atoms with Gasteiger partial charge in [0.25, 0.3) is 0 Å². The van der Waals surface area contributed by atoms with E-state index in [2.05, 4.69) is 5.32 Å². The van der Waals surface area contributed by atoms with Crippen molar-refractivity contribution in [3.63, 3.8) is 0 Å². The van der Waals surface area contributed by atoms with Crippen LogP contribution in [0.4, 0.5) is 0 Å². The maximum Gasteiger partial charge on any atom is 0.164 e. The molecule has 1 aromatic rings. The average molecular weight is 229 g/mol. The number of rotatable bonds is 6. The van der Waals surface area contributed by atoms with E-state index < -0.39 is 0 Å². The highest BCUT2D eigenvalue weighted by Gasteiger charge is 2.03. The van der Waals surface area contributed by atoms with Crippen LogP contribution in [0.25, 0.3) is 0 Å². The van der Waals surface area contributed by atoms with Crippen molar-refractivity contribution in [3.8, 4) is 0 Å². The van der Waals surface area contributed by atoms with Crippen molar-refractivity contribution in [1.82, 2.24) is 5.32 Å². The molecule has 0 bridgehead atoms. The first-order valence-electron chi connectivity index (χ1n) is 4.74. The van der Waals surface area contributed by atoms with E-state index in [1.54, 1.807) is 0 Å². The SMILES string of the molecule is O=C(CCNCCO)c1ccccc1.[Cl-]. The van der Waals surface area contributed by atoms with Gasteiger partial charge in [-0.2, -0.15) is 0 Å². The Morgan fingerprint density at radius 1 is 1.20 bits per heavy atom. The van der Waals surface area contributed by atoms with Crippen LogP contribution < -0.4 is 17.7 Å². The highest BCUT2D eigenvalue weighted by atomic mass is 35.5. The number of hydrogen-bond donors (Lipinski definition) is 2. The maximum atomic E-state index is 11.5. The lowest BCUT2D eigenvalue weighted by Gasteiger charge is -2.01. The van der Waals surface area contributed by atoms with Gasteiger partial charge >= 0.3 is 0 Å². The molecule has 0 heterocycles. The number of carbonyl (C=O) groups excluding carboxylic acids is 1. The number of carbonyl (C=O) groups is 1. The van der Waals surface area contributed by atoms with Crippen LogP contribution in [-0.4, -0.2) is 30.6 Å². The molecule has 0 saturated carbocycles. The second-order valence-electron chi connectivity index (χ2n) is 3.01. The van der Waals surface area contributed by atoms with Gasteiger partial charge in [0.15, 0.2) is 5.78 Å². The van der Waals surface area contributed by atoms with E-state index in [0.717, 1.165) is 5.56 Å². The highest BCUT2D eigenvalue weighted by Crippen LogP contribution is 2.01. The lowest BCUT2D eigenvalue weighted by molar-refractivity contribution is -0.0000119. The van der Waals surface area contributed by atoms with Gasteiger partial charge in [0.2, 0.25) is 0 Å². The van der Waals surface area contributed by atoms with Gasteiger partial charge in [-0.15, -0.1) is 0 Å². The summed E-state index contributed by atoms with van der Waals surface area (Å²) < 4.78 is 0. The predicted molar refractivity (Wildman–Crippen MR) is 55.3 cm³/mol. The Morgan fingerprint density at radius 2 is 1.87 bits per heavy atom. The van der Waals surface area contributed by atoms with Gasteiger partial charge in [-0.05, 0) is 0 Å². The van der Waals surface area contributed by atoms with E-state index in [9.17, 15) is 4.79 Å². The molecule has 0 aliphatic heterocycles. The second kappa shape index (κ2) is 8.41. The molecule has 4 heteroatoms. The second-order valence-corrected chi connectivity index (χ2v) is 3.01. The molecule has 84 valence electrons. The third-order valence-electron chi connectivity index (χ3n) is 1.91. The molecule has 0 unspecified atom stereocenters. The van der Waals surface area contributed by atoms with Gasteiger partial charge in [-0.25, -0.2) is 0 Å². The first-order chi connectivity index (χ1) is 6.84. The van der Waals surface area contributed by atoms with Crippen LogP contribution in [-0.2, 0) is 0 Å². The zero-order chi connectivity index (χ0) is 10.2. The van der Waals surface area contributed by atoms with E-state index in [1.165, 1.54) is 0 Å². The molecule has 0 atom stereocenters. The van der Waals surface area contributed by atoms with E-state index in [0.29, 0.717) is 19.5 Å². The summed E-state index contributed by atoms with van der Waals surface area (Å²) in [6.07, 6.45) is 0.476. The minimum absolute atomic E-state index is 0. The Labute approximate surface area is 95.9 Å². The summed E-state index contributed by atoms with van der Waals surface area (Å²) in [5, 5.41) is 11.5. The maximum absolute atomic E-state index is 11.5. The number of aliphatic hydroxyl groups is 1. The molecule has 0 saturated heterocycles. The monoisotopic (exact) mass is 228 g/mol. The topological polar surface area (TPSA) is 49.3 Å². The van der Waals surface area contributed by atoms with Gasteiger partial charge in [-0.1, -0.05) is 30.3 Å². The highest BCUT2D eigenvalue weighted by molar-refractivity contribution is 5.96. The fraction of sp³-hybridized carbons (Fsp3) is 0.364. The summed E-state index contributed by atoms with van der Waals surface area (Å²) in [7, 11) is 0. The first kappa shape index (κ1) is 14.1. The van der Waals surface area contributed by atoms with Crippen molar-refractivity contribution < 1.29 is 22.3 Å². The zero-order valence-corrected chi connectivity index (χ0v) is 9.20. The number of ketones is 1. The molecule has 0 aliphatic rings. The van der Waals surface area contributed by atoms with Crippen LogP contribution in [0, 0.1) is 0 Å².